The highest BCUT2D eigenvalue weighted by Gasteiger charge is 2.21. The zero-order valence-electron chi connectivity index (χ0n) is 18.1. The van der Waals surface area contributed by atoms with Crippen LogP contribution in [-0.4, -0.2) is 18.4 Å². The number of rotatable bonds is 7. The average Bonchev–Trinajstić information content (AvgIpc) is 3.14. The van der Waals surface area contributed by atoms with E-state index in [2.05, 4.69) is 0 Å². The lowest BCUT2D eigenvalue weighted by molar-refractivity contribution is 0.0734. The van der Waals surface area contributed by atoms with Gasteiger partial charge in [-0.2, -0.15) is 0 Å². The molecule has 0 N–H and O–H groups in total. The highest BCUT2D eigenvalue weighted by molar-refractivity contribution is 6.32. The summed E-state index contributed by atoms with van der Waals surface area (Å²) in [5, 5.41) is 1.19. The van der Waals surface area contributed by atoms with Crippen LogP contribution >= 0.6 is 11.6 Å². The summed E-state index contributed by atoms with van der Waals surface area (Å²) in [7, 11) is 0. The molecule has 6 heteroatoms. The molecule has 1 aromatic heterocycles. The van der Waals surface area contributed by atoms with Gasteiger partial charge in [-0.05, 0) is 80.1 Å². The Labute approximate surface area is 196 Å². The number of fused-ring (bicyclic) bond motifs is 1. The first-order chi connectivity index (χ1) is 16.0. The topological polar surface area (TPSA) is 65.7 Å². The average molecular weight is 461 g/mol. The van der Waals surface area contributed by atoms with Gasteiger partial charge in [0.2, 0.25) is 0 Å². The van der Waals surface area contributed by atoms with Crippen LogP contribution in [0.1, 0.15) is 39.0 Å². The van der Waals surface area contributed by atoms with E-state index in [1.165, 1.54) is 6.08 Å². The van der Waals surface area contributed by atoms with Crippen LogP contribution in [0.25, 0.3) is 17.0 Å². The Hall–Kier alpha value is -3.83. The molecule has 0 aliphatic rings. The van der Waals surface area contributed by atoms with Crippen molar-refractivity contribution in [3.63, 3.8) is 0 Å². The van der Waals surface area contributed by atoms with Gasteiger partial charge < -0.3 is 13.9 Å². The lowest BCUT2D eigenvalue weighted by Crippen LogP contribution is -2.09. The number of carbonyl (C=O) groups is 2. The van der Waals surface area contributed by atoms with Crippen molar-refractivity contribution >= 4 is 40.4 Å². The van der Waals surface area contributed by atoms with Crippen molar-refractivity contribution in [1.82, 2.24) is 0 Å². The van der Waals surface area contributed by atoms with Gasteiger partial charge in [-0.1, -0.05) is 29.8 Å². The molecule has 4 rings (SSSR count). The predicted octanol–water partition coefficient (Wildman–Crippen LogP) is 6.91. The zero-order valence-corrected chi connectivity index (χ0v) is 18.9. The summed E-state index contributed by atoms with van der Waals surface area (Å²) >= 11 is 6.11. The molecule has 0 aliphatic heterocycles. The number of allylic oxidation sites excluding steroid dienone is 1. The quantitative estimate of drug-likeness (QED) is 0.130. The van der Waals surface area contributed by atoms with E-state index in [9.17, 15) is 9.59 Å². The summed E-state index contributed by atoms with van der Waals surface area (Å²) in [6, 6.07) is 19.0. The number of furan rings is 1. The number of halogens is 1. The molecule has 166 valence electrons. The molecule has 0 amide bonds. The normalized spacial score (nSPS) is 11.1. The fourth-order valence-corrected chi connectivity index (χ4v) is 3.63. The number of benzene rings is 3. The Morgan fingerprint density at radius 2 is 1.73 bits per heavy atom. The minimum absolute atomic E-state index is 0.187. The van der Waals surface area contributed by atoms with Gasteiger partial charge in [0.25, 0.3) is 0 Å². The molecule has 4 aromatic rings. The Balaban J connectivity index is 1.49. The molecule has 0 aliphatic carbocycles. The molecular weight excluding hydrogens is 440 g/mol. The van der Waals surface area contributed by atoms with E-state index in [0.717, 1.165) is 5.56 Å². The summed E-state index contributed by atoms with van der Waals surface area (Å²) in [5.74, 6) is 0.694. The maximum atomic E-state index is 12.9. The SMILES string of the molecule is CCOc1ccc2oc(C)c(C(=O)Oc3ccc(C(=O)C=Cc4ccccc4Cl)cc3)c2c1. The van der Waals surface area contributed by atoms with E-state index >= 15 is 0 Å². The summed E-state index contributed by atoms with van der Waals surface area (Å²) < 4.78 is 16.8. The molecule has 0 bridgehead atoms. The first kappa shape index (κ1) is 22.4. The summed E-state index contributed by atoms with van der Waals surface area (Å²) in [4.78, 5) is 25.3. The molecule has 0 saturated carbocycles. The van der Waals surface area contributed by atoms with Crippen LogP contribution in [-0.2, 0) is 0 Å². The van der Waals surface area contributed by atoms with E-state index in [1.54, 1.807) is 61.5 Å². The lowest BCUT2D eigenvalue weighted by Gasteiger charge is -2.06. The number of carbonyl (C=O) groups excluding carboxylic acids is 2. The molecule has 0 atom stereocenters. The molecule has 0 unspecified atom stereocenters. The largest absolute Gasteiger partial charge is 0.494 e. The van der Waals surface area contributed by atoms with Crippen LogP contribution in [0.2, 0.25) is 5.02 Å². The predicted molar refractivity (Wildman–Crippen MR) is 128 cm³/mol. The van der Waals surface area contributed by atoms with Gasteiger partial charge in [-0.3, -0.25) is 4.79 Å². The maximum Gasteiger partial charge on any atom is 0.347 e. The Morgan fingerprint density at radius 3 is 2.45 bits per heavy atom. The van der Waals surface area contributed by atoms with Gasteiger partial charge in [0.15, 0.2) is 5.78 Å². The van der Waals surface area contributed by atoms with Gasteiger partial charge in [0, 0.05) is 16.0 Å². The number of hydrogen-bond acceptors (Lipinski definition) is 5. The highest BCUT2D eigenvalue weighted by Crippen LogP contribution is 2.30. The molecule has 0 radical (unpaired) electrons. The third-order valence-corrected chi connectivity index (χ3v) is 5.36. The molecule has 5 nitrogen and oxygen atoms in total. The number of ether oxygens (including phenoxy) is 2. The Kier molecular flexibility index (Phi) is 6.61. The van der Waals surface area contributed by atoms with Crippen molar-refractivity contribution in [1.29, 1.82) is 0 Å². The second kappa shape index (κ2) is 9.76. The number of aryl methyl sites for hydroxylation is 1. The first-order valence-corrected chi connectivity index (χ1v) is 10.8. The standard InChI is InChI=1S/C27H21ClO5/c1-3-31-21-13-15-25-22(16-21)26(17(2)32-25)27(30)33-20-11-8-19(9-12-20)24(29)14-10-18-6-4-5-7-23(18)28/h4-16H,3H2,1-2H3. The molecule has 0 saturated heterocycles. The first-order valence-electron chi connectivity index (χ1n) is 10.4. The van der Waals surface area contributed by atoms with Crippen LogP contribution in [0.4, 0.5) is 0 Å². The minimum atomic E-state index is -0.544. The molecule has 33 heavy (non-hydrogen) atoms. The second-order valence-electron chi connectivity index (χ2n) is 7.26. The van der Waals surface area contributed by atoms with Crippen molar-refractivity contribution in [3.8, 4) is 11.5 Å². The zero-order chi connectivity index (χ0) is 23.4. The van der Waals surface area contributed by atoms with Crippen molar-refractivity contribution in [2.45, 2.75) is 13.8 Å². The Bertz CT molecular complexity index is 1350. The van der Waals surface area contributed by atoms with Gasteiger partial charge in [0.05, 0.1) is 6.61 Å². The van der Waals surface area contributed by atoms with Crippen LogP contribution in [0.15, 0.2) is 77.2 Å². The molecule has 3 aromatic carbocycles. The number of hydrogen-bond donors (Lipinski definition) is 0. The van der Waals surface area contributed by atoms with E-state index in [4.69, 9.17) is 25.5 Å². The van der Waals surface area contributed by atoms with Gasteiger partial charge in [-0.25, -0.2) is 4.79 Å². The molecule has 0 fully saturated rings. The minimum Gasteiger partial charge on any atom is -0.494 e. The van der Waals surface area contributed by atoms with E-state index in [0.29, 0.717) is 51.0 Å². The summed E-state index contributed by atoms with van der Waals surface area (Å²) in [6.45, 7) is 4.12. The fraction of sp³-hybridized carbons (Fsp3) is 0.111. The van der Waals surface area contributed by atoms with Gasteiger partial charge in [0.1, 0.15) is 28.4 Å². The summed E-state index contributed by atoms with van der Waals surface area (Å²) in [5.41, 5.74) is 2.14. The number of ketones is 1. The van der Waals surface area contributed by atoms with Crippen LogP contribution in [0.5, 0.6) is 11.5 Å². The molecule has 0 spiro atoms. The van der Waals surface area contributed by atoms with Crippen LogP contribution in [0, 0.1) is 6.92 Å². The maximum absolute atomic E-state index is 12.9. The van der Waals surface area contributed by atoms with Crippen molar-refractivity contribution in [3.05, 3.63) is 100 Å². The van der Waals surface area contributed by atoms with Gasteiger partial charge in [-0.15, -0.1) is 0 Å². The highest BCUT2D eigenvalue weighted by atomic mass is 35.5. The van der Waals surface area contributed by atoms with Crippen molar-refractivity contribution in [2.75, 3.05) is 6.61 Å². The lowest BCUT2D eigenvalue weighted by atomic mass is 10.1. The Morgan fingerprint density at radius 1 is 1.00 bits per heavy atom. The van der Waals surface area contributed by atoms with Gasteiger partial charge >= 0.3 is 5.97 Å². The van der Waals surface area contributed by atoms with Crippen molar-refractivity contribution < 1.29 is 23.5 Å². The monoisotopic (exact) mass is 460 g/mol. The smallest absolute Gasteiger partial charge is 0.347 e. The van der Waals surface area contributed by atoms with Crippen molar-refractivity contribution in [2.24, 2.45) is 0 Å². The number of esters is 1. The third-order valence-electron chi connectivity index (χ3n) is 5.02. The van der Waals surface area contributed by atoms with E-state index in [-0.39, 0.29) is 5.78 Å². The second-order valence-corrected chi connectivity index (χ2v) is 7.66. The van der Waals surface area contributed by atoms with Crippen LogP contribution in [0.3, 0.4) is 0 Å². The van der Waals surface area contributed by atoms with E-state index in [1.807, 2.05) is 25.1 Å². The molecule has 1 heterocycles. The van der Waals surface area contributed by atoms with Crippen LogP contribution < -0.4 is 9.47 Å². The third kappa shape index (κ3) is 4.99. The molecular formula is C27H21ClO5. The van der Waals surface area contributed by atoms with E-state index < -0.39 is 5.97 Å². The fourth-order valence-electron chi connectivity index (χ4n) is 3.43. The summed E-state index contributed by atoms with van der Waals surface area (Å²) in [6.07, 6.45) is 3.13.